The van der Waals surface area contributed by atoms with Crippen molar-refractivity contribution in [3.8, 4) is 0 Å². The van der Waals surface area contributed by atoms with Crippen molar-refractivity contribution in [3.05, 3.63) is 0 Å². The molecule has 0 bridgehead atoms. The molecule has 0 aromatic carbocycles. The molecule has 0 aliphatic carbocycles. The van der Waals surface area contributed by atoms with Crippen LogP contribution >= 0.6 is 0 Å². The van der Waals surface area contributed by atoms with Crippen molar-refractivity contribution in [2.45, 2.75) is 96.2 Å². The fourth-order valence-electron chi connectivity index (χ4n) is 4.83. The van der Waals surface area contributed by atoms with Crippen LogP contribution in [0.5, 0.6) is 0 Å². The summed E-state index contributed by atoms with van der Waals surface area (Å²) in [5.41, 5.74) is 0.347. The van der Waals surface area contributed by atoms with Crippen LogP contribution in [0.15, 0.2) is 0 Å². The summed E-state index contributed by atoms with van der Waals surface area (Å²) in [7, 11) is -4.61. The van der Waals surface area contributed by atoms with Crippen molar-refractivity contribution in [1.29, 1.82) is 0 Å². The number of rotatable bonds is 5. The second-order valence-corrected chi connectivity index (χ2v) is 36.0. The average molecular weight is 375 g/mol. The van der Waals surface area contributed by atoms with Crippen LogP contribution in [0.3, 0.4) is 0 Å². The second-order valence-electron chi connectivity index (χ2n) is 9.52. The van der Waals surface area contributed by atoms with Gasteiger partial charge in [0, 0.05) is 19.8 Å². The van der Waals surface area contributed by atoms with Crippen LogP contribution < -0.4 is 0 Å². The summed E-state index contributed by atoms with van der Waals surface area (Å²) in [6, 6.07) is 1.30. The largest absolute Gasteiger partial charge is 0.413 e. The van der Waals surface area contributed by atoms with Gasteiger partial charge >= 0.3 is 0 Å². The molecule has 0 radical (unpaired) electrons. The Balaban J connectivity index is 2.22. The molecule has 0 aromatic heterocycles. The van der Waals surface area contributed by atoms with Gasteiger partial charge in [-0.15, -0.1) is 0 Å². The second kappa shape index (κ2) is 6.68. The molecule has 2 aliphatic rings. The van der Waals surface area contributed by atoms with Crippen LogP contribution in [0.25, 0.3) is 0 Å². The molecule has 0 amide bonds. The third-order valence-corrected chi connectivity index (χ3v) is 47.1. The molecule has 2 saturated heterocycles. The Kier molecular flexibility index (Phi) is 5.77. The molecule has 3 unspecified atom stereocenters. The smallest absolute Gasteiger partial charge is 0.202 e. The molecule has 6 heteroatoms. The lowest BCUT2D eigenvalue weighted by atomic mass is 10.2. The summed E-state index contributed by atoms with van der Waals surface area (Å²) in [5, 5.41) is 0. The van der Waals surface area contributed by atoms with Gasteiger partial charge in [0.25, 0.3) is 0 Å². The summed E-state index contributed by atoms with van der Waals surface area (Å²) < 4.78 is 19.2. The molecule has 23 heavy (non-hydrogen) atoms. The van der Waals surface area contributed by atoms with E-state index in [2.05, 4.69) is 53.5 Å². The third kappa shape index (κ3) is 3.72. The highest BCUT2D eigenvalue weighted by atomic mass is 29.6. The predicted octanol–water partition coefficient (Wildman–Crippen LogP) is 4.46. The number of ether oxygens (including phenoxy) is 2. The van der Waals surface area contributed by atoms with E-state index in [0.29, 0.717) is 11.8 Å². The van der Waals surface area contributed by atoms with Gasteiger partial charge in [-0.05, 0) is 45.7 Å². The molecule has 2 aliphatic heterocycles. The Hall–Kier alpha value is 0.531. The molecule has 0 aromatic rings. The van der Waals surface area contributed by atoms with Crippen LogP contribution in [-0.2, 0) is 13.9 Å². The summed E-state index contributed by atoms with van der Waals surface area (Å²) in [5.74, 6) is 0. The maximum absolute atomic E-state index is 6.95. The molecule has 2 fully saturated rings. The van der Waals surface area contributed by atoms with Gasteiger partial charge in [-0.25, -0.2) is 0 Å². The zero-order valence-corrected chi connectivity index (χ0v) is 19.6. The lowest BCUT2D eigenvalue weighted by Crippen LogP contribution is -2.82. The Bertz CT molecular complexity index is 419. The minimum absolute atomic E-state index is 0.0276. The van der Waals surface area contributed by atoms with Crippen LogP contribution in [0.4, 0.5) is 0 Å². The molecule has 136 valence electrons. The predicted molar refractivity (Wildman–Crippen MR) is 106 cm³/mol. The van der Waals surface area contributed by atoms with Gasteiger partial charge < -0.3 is 13.9 Å². The maximum atomic E-state index is 6.95. The first-order valence-electron chi connectivity index (χ1n) is 9.38. The number of hydrogen-bond acceptors (Lipinski definition) is 3. The lowest BCUT2D eigenvalue weighted by Gasteiger charge is -2.60. The van der Waals surface area contributed by atoms with E-state index in [9.17, 15) is 0 Å². The van der Waals surface area contributed by atoms with Gasteiger partial charge in [0.15, 0.2) is 0 Å². The third-order valence-electron chi connectivity index (χ3n) is 6.78. The summed E-state index contributed by atoms with van der Waals surface area (Å²) in [6.45, 7) is 21.5. The van der Waals surface area contributed by atoms with Crippen LogP contribution in [-0.4, -0.2) is 53.2 Å². The molecule has 2 heterocycles. The molecule has 0 spiro atoms. The van der Waals surface area contributed by atoms with E-state index in [1.54, 1.807) is 0 Å². The van der Waals surface area contributed by atoms with Crippen molar-refractivity contribution in [1.82, 2.24) is 0 Å². The highest BCUT2D eigenvalue weighted by molar-refractivity contribution is 7.68. The molecule has 3 nitrogen and oxygen atoms in total. The first-order chi connectivity index (χ1) is 10.5. The van der Waals surface area contributed by atoms with Gasteiger partial charge in [0.05, 0.1) is 25.5 Å². The van der Waals surface area contributed by atoms with Crippen LogP contribution in [0.2, 0.25) is 38.8 Å². The monoisotopic (exact) mass is 374 g/mol. The number of hydrogen-bond donors (Lipinski definition) is 0. The topological polar surface area (TPSA) is 27.7 Å². The van der Waals surface area contributed by atoms with Crippen molar-refractivity contribution in [3.63, 3.8) is 0 Å². The molecule has 0 saturated carbocycles. The summed E-state index contributed by atoms with van der Waals surface area (Å²) >= 11 is 0. The molecular formula is C17H38O3Si3. The highest BCUT2D eigenvalue weighted by Crippen LogP contribution is 2.46. The first kappa shape index (κ1) is 19.9. The van der Waals surface area contributed by atoms with E-state index in [4.69, 9.17) is 13.9 Å². The van der Waals surface area contributed by atoms with Gasteiger partial charge in [0.2, 0.25) is 7.83 Å². The minimum atomic E-state index is -1.91. The Morgan fingerprint density at radius 3 is 2.35 bits per heavy atom. The minimum Gasteiger partial charge on any atom is -0.413 e. The van der Waals surface area contributed by atoms with Crippen molar-refractivity contribution in [2.24, 2.45) is 0 Å². The standard InChI is InChI=1S/C17H38O3Si3/c1-9-16(19-13-15-11-10-12-18-15)23(8)20-17(2,3)14-21(4,5)22(23,6)7/h15-16H,9-14H2,1-8H3. The zero-order chi connectivity index (χ0) is 17.5. The van der Waals surface area contributed by atoms with Crippen LogP contribution in [0.1, 0.15) is 40.0 Å². The average Bonchev–Trinajstić information content (AvgIpc) is 2.88. The van der Waals surface area contributed by atoms with Crippen molar-refractivity contribution >= 4 is 22.5 Å². The first-order valence-corrected chi connectivity index (χ1v) is 20.1. The van der Waals surface area contributed by atoms with E-state index in [1.165, 1.54) is 12.5 Å². The molecule has 2 rings (SSSR count). The fourth-order valence-corrected chi connectivity index (χ4v) is 38.9. The van der Waals surface area contributed by atoms with Gasteiger partial charge in [-0.2, -0.15) is 0 Å². The lowest BCUT2D eigenvalue weighted by molar-refractivity contribution is -0.00946. The molecular weight excluding hydrogens is 336 g/mol. The van der Waals surface area contributed by atoms with Gasteiger partial charge in [0.1, 0.15) is 0 Å². The highest BCUT2D eigenvalue weighted by Gasteiger charge is 2.65. The normalized spacial score (nSPS) is 36.8. The SMILES string of the molecule is CCC(OCC1CCCO1)[Si]1(C)OC(C)(C)C[Si](C)(C)[Si]1(C)C. The van der Waals surface area contributed by atoms with Gasteiger partial charge in [-0.3, -0.25) is 0 Å². The quantitative estimate of drug-likeness (QED) is 0.665. The fraction of sp³-hybridized carbons (Fsp3) is 1.00. The van der Waals surface area contributed by atoms with E-state index in [1.807, 2.05) is 0 Å². The van der Waals surface area contributed by atoms with E-state index in [0.717, 1.165) is 26.1 Å². The van der Waals surface area contributed by atoms with E-state index >= 15 is 0 Å². The van der Waals surface area contributed by atoms with E-state index < -0.39 is 22.5 Å². The van der Waals surface area contributed by atoms with Crippen LogP contribution in [0, 0.1) is 0 Å². The molecule has 0 N–H and O–H groups in total. The maximum Gasteiger partial charge on any atom is 0.202 e. The van der Waals surface area contributed by atoms with Crippen molar-refractivity contribution in [2.75, 3.05) is 13.2 Å². The summed E-state index contributed by atoms with van der Waals surface area (Å²) in [4.78, 5) is 0. The summed E-state index contributed by atoms with van der Waals surface area (Å²) in [6.07, 6.45) is 3.73. The Morgan fingerprint density at radius 1 is 1.17 bits per heavy atom. The molecule has 3 atom stereocenters. The van der Waals surface area contributed by atoms with Crippen molar-refractivity contribution < 1.29 is 13.9 Å². The van der Waals surface area contributed by atoms with Gasteiger partial charge in [-0.1, -0.05) is 33.1 Å². The van der Waals surface area contributed by atoms with E-state index in [-0.39, 0.29) is 5.60 Å². The Morgan fingerprint density at radius 2 is 1.83 bits per heavy atom. The zero-order valence-electron chi connectivity index (χ0n) is 16.6. The Labute approximate surface area is 146 Å².